The lowest BCUT2D eigenvalue weighted by Gasteiger charge is -2.28. The number of aliphatic carboxylic acids is 2. The van der Waals surface area contributed by atoms with Crippen LogP contribution in [0.3, 0.4) is 0 Å². The van der Waals surface area contributed by atoms with E-state index in [2.05, 4.69) is 26.0 Å². The molecule has 272 valence electrons. The van der Waals surface area contributed by atoms with Crippen LogP contribution in [0.2, 0.25) is 0 Å². The van der Waals surface area contributed by atoms with Crippen LogP contribution in [-0.2, 0) is 9.59 Å². The van der Waals surface area contributed by atoms with E-state index in [1.165, 1.54) is 180 Å². The van der Waals surface area contributed by atoms with Crippen LogP contribution in [0.1, 0.15) is 232 Å². The van der Waals surface area contributed by atoms with Gasteiger partial charge in [-0.05, 0) is 50.4 Å². The molecule has 0 aromatic heterocycles. The normalized spacial score (nSPS) is 13.0. The molecule has 0 fully saturated rings. The smallest absolute Gasteiger partial charge is 0.303 e. The van der Waals surface area contributed by atoms with Crippen LogP contribution in [0.4, 0.5) is 0 Å². The van der Waals surface area contributed by atoms with Gasteiger partial charge >= 0.3 is 11.9 Å². The Labute approximate surface area is 287 Å². The van der Waals surface area contributed by atoms with E-state index in [4.69, 9.17) is 10.2 Å². The molecule has 2 atom stereocenters. The molecule has 0 aliphatic rings. The fourth-order valence-corrected chi connectivity index (χ4v) is 7.14. The molecule has 0 saturated carbocycles. The number of carboxylic acid groups (broad SMARTS) is 2. The van der Waals surface area contributed by atoms with E-state index in [0.717, 1.165) is 37.5 Å². The van der Waals surface area contributed by atoms with Crippen molar-refractivity contribution in [1.29, 1.82) is 0 Å². The molecule has 2 N–H and O–H groups in total. The highest BCUT2D eigenvalue weighted by atomic mass is 16.4. The van der Waals surface area contributed by atoms with E-state index >= 15 is 0 Å². The fraction of sp³-hybridized carbons (Fsp3) is 0.905. The number of rotatable bonds is 38. The van der Waals surface area contributed by atoms with Crippen molar-refractivity contribution in [1.82, 2.24) is 0 Å². The maximum absolute atomic E-state index is 10.7. The van der Waals surface area contributed by atoms with Crippen LogP contribution in [0, 0.1) is 11.8 Å². The zero-order valence-corrected chi connectivity index (χ0v) is 31.1. The second kappa shape index (κ2) is 36.5. The first kappa shape index (κ1) is 44.7. The summed E-state index contributed by atoms with van der Waals surface area (Å²) in [4.78, 5) is 21.4. The second-order valence-corrected chi connectivity index (χ2v) is 14.5. The highest BCUT2D eigenvalue weighted by Crippen LogP contribution is 2.33. The molecular weight excluding hydrogens is 568 g/mol. The summed E-state index contributed by atoms with van der Waals surface area (Å²) in [7, 11) is 0. The van der Waals surface area contributed by atoms with E-state index in [9.17, 15) is 9.59 Å². The number of allylic oxidation sites excluding steroid dienone is 2. The van der Waals surface area contributed by atoms with Crippen molar-refractivity contribution in [3.8, 4) is 0 Å². The summed E-state index contributed by atoms with van der Waals surface area (Å²) < 4.78 is 0. The molecule has 4 nitrogen and oxygen atoms in total. The van der Waals surface area contributed by atoms with Crippen molar-refractivity contribution >= 4 is 11.9 Å². The lowest BCUT2D eigenvalue weighted by Crippen LogP contribution is -2.16. The van der Waals surface area contributed by atoms with E-state index in [-0.39, 0.29) is 0 Å². The monoisotopic (exact) mass is 649 g/mol. The van der Waals surface area contributed by atoms with Crippen LogP contribution in [0.5, 0.6) is 0 Å². The summed E-state index contributed by atoms with van der Waals surface area (Å²) in [5.41, 5.74) is 0. The minimum atomic E-state index is -0.659. The van der Waals surface area contributed by atoms with Crippen molar-refractivity contribution in [2.75, 3.05) is 0 Å². The summed E-state index contributed by atoms with van der Waals surface area (Å²) in [6.07, 6.45) is 47.0. The van der Waals surface area contributed by atoms with Gasteiger partial charge in [-0.2, -0.15) is 0 Å². The first-order chi connectivity index (χ1) is 22.5. The largest absolute Gasteiger partial charge is 0.481 e. The maximum Gasteiger partial charge on any atom is 0.303 e. The summed E-state index contributed by atoms with van der Waals surface area (Å²) in [6, 6.07) is 0. The van der Waals surface area contributed by atoms with Crippen molar-refractivity contribution in [3.63, 3.8) is 0 Å². The quantitative estimate of drug-likeness (QED) is 0.0516. The molecule has 46 heavy (non-hydrogen) atoms. The molecule has 4 heteroatoms. The molecular formula is C42H80O4. The third kappa shape index (κ3) is 34.0. The zero-order valence-electron chi connectivity index (χ0n) is 31.1. The summed E-state index contributed by atoms with van der Waals surface area (Å²) in [5, 5.41) is 17.6. The molecule has 0 heterocycles. The maximum atomic E-state index is 10.7. The van der Waals surface area contributed by atoms with Gasteiger partial charge in [0.2, 0.25) is 0 Å². The molecule has 2 unspecified atom stereocenters. The third-order valence-corrected chi connectivity index (χ3v) is 10.1. The Bertz CT molecular complexity index is 673. The SMILES string of the molecule is CCCCC/C=C/CCC(CCCCCCCCCCCC(=O)O)C(CCCCCCCC)CCCCCCCCCCC(=O)O. The number of unbranched alkanes of at least 4 members (excludes halogenated alkanes) is 23. The summed E-state index contributed by atoms with van der Waals surface area (Å²) in [6.45, 7) is 4.60. The second-order valence-electron chi connectivity index (χ2n) is 14.5. The standard InChI is InChI=1S/C42H80O4/c1-3-5-7-9-16-22-28-34-40(36-29-23-17-12-11-13-19-25-31-37-41(43)44)39(33-27-21-10-8-6-4-2)35-30-24-18-14-15-20-26-32-38-42(45)46/h16,22,39-40H,3-15,17-21,23-38H2,1-2H3,(H,43,44)(H,45,46)/b22-16+. The molecule has 0 spiro atoms. The van der Waals surface area contributed by atoms with Crippen LogP contribution in [-0.4, -0.2) is 22.2 Å². The van der Waals surface area contributed by atoms with E-state index in [0.29, 0.717) is 12.8 Å². The van der Waals surface area contributed by atoms with Gasteiger partial charge in [0.15, 0.2) is 0 Å². The molecule has 0 bridgehead atoms. The summed E-state index contributed by atoms with van der Waals surface area (Å²) >= 11 is 0. The van der Waals surface area contributed by atoms with Gasteiger partial charge in [0, 0.05) is 12.8 Å². The highest BCUT2D eigenvalue weighted by Gasteiger charge is 2.20. The Balaban J connectivity index is 4.74. The van der Waals surface area contributed by atoms with Crippen molar-refractivity contribution < 1.29 is 19.8 Å². The number of carboxylic acids is 2. The lowest BCUT2D eigenvalue weighted by atomic mass is 9.78. The Kier molecular flexibility index (Phi) is 35.5. The van der Waals surface area contributed by atoms with E-state index in [1.807, 2.05) is 0 Å². The molecule has 0 radical (unpaired) electrons. The third-order valence-electron chi connectivity index (χ3n) is 10.1. The average Bonchev–Trinajstić information content (AvgIpc) is 3.03. The van der Waals surface area contributed by atoms with Gasteiger partial charge in [0.25, 0.3) is 0 Å². The predicted octanol–water partition coefficient (Wildman–Crippen LogP) is 14.2. The lowest BCUT2D eigenvalue weighted by molar-refractivity contribution is -0.138. The molecule has 0 aromatic rings. The Hall–Kier alpha value is -1.32. The summed E-state index contributed by atoms with van der Waals surface area (Å²) in [5.74, 6) is 0.449. The van der Waals surface area contributed by atoms with Gasteiger partial charge < -0.3 is 10.2 Å². The Morgan fingerprint density at radius 2 is 0.696 bits per heavy atom. The van der Waals surface area contributed by atoms with Gasteiger partial charge in [-0.15, -0.1) is 0 Å². The van der Waals surface area contributed by atoms with Gasteiger partial charge in [-0.3, -0.25) is 9.59 Å². The molecule has 0 aliphatic carbocycles. The Morgan fingerprint density at radius 1 is 0.391 bits per heavy atom. The fourth-order valence-electron chi connectivity index (χ4n) is 7.14. The molecule has 0 saturated heterocycles. The van der Waals surface area contributed by atoms with Gasteiger partial charge in [0.05, 0.1) is 0 Å². The van der Waals surface area contributed by atoms with Crippen molar-refractivity contribution in [2.24, 2.45) is 11.8 Å². The van der Waals surface area contributed by atoms with Crippen LogP contribution in [0.25, 0.3) is 0 Å². The van der Waals surface area contributed by atoms with E-state index < -0.39 is 11.9 Å². The number of carbonyl (C=O) groups is 2. The van der Waals surface area contributed by atoms with E-state index in [1.54, 1.807) is 0 Å². The Morgan fingerprint density at radius 3 is 1.09 bits per heavy atom. The average molecular weight is 649 g/mol. The molecule has 0 rings (SSSR count). The minimum absolute atomic E-state index is 0.327. The number of hydrogen-bond donors (Lipinski definition) is 2. The van der Waals surface area contributed by atoms with Gasteiger partial charge in [-0.1, -0.05) is 193 Å². The van der Waals surface area contributed by atoms with Crippen molar-refractivity contribution in [3.05, 3.63) is 12.2 Å². The van der Waals surface area contributed by atoms with Gasteiger partial charge in [-0.25, -0.2) is 0 Å². The topological polar surface area (TPSA) is 74.6 Å². The highest BCUT2D eigenvalue weighted by molar-refractivity contribution is 5.66. The van der Waals surface area contributed by atoms with Crippen LogP contribution in [0.15, 0.2) is 12.2 Å². The molecule has 0 aliphatic heterocycles. The van der Waals surface area contributed by atoms with Crippen LogP contribution >= 0.6 is 0 Å². The predicted molar refractivity (Wildman–Crippen MR) is 200 cm³/mol. The minimum Gasteiger partial charge on any atom is -0.481 e. The van der Waals surface area contributed by atoms with Crippen LogP contribution < -0.4 is 0 Å². The molecule has 0 aromatic carbocycles. The number of hydrogen-bond acceptors (Lipinski definition) is 2. The molecule has 0 amide bonds. The van der Waals surface area contributed by atoms with Gasteiger partial charge in [0.1, 0.15) is 0 Å². The zero-order chi connectivity index (χ0) is 33.8. The van der Waals surface area contributed by atoms with Crippen molar-refractivity contribution in [2.45, 2.75) is 232 Å². The first-order valence-electron chi connectivity index (χ1n) is 20.6. The first-order valence-corrected chi connectivity index (χ1v) is 20.6.